The Kier molecular flexibility index (Phi) is 4.48. The molecule has 1 fully saturated rings. The molecule has 0 radical (unpaired) electrons. The number of carbonyl (C=O) groups excluding carboxylic acids is 1. The van der Waals surface area contributed by atoms with Crippen molar-refractivity contribution in [2.75, 3.05) is 32.6 Å². The van der Waals surface area contributed by atoms with Crippen molar-refractivity contribution in [2.45, 2.75) is 23.8 Å². The number of sulfonamides is 1. The molecular formula is C13H20N4O3S. The molecule has 1 atom stereocenters. The maximum absolute atomic E-state index is 12.2. The Labute approximate surface area is 125 Å². The van der Waals surface area contributed by atoms with Gasteiger partial charge in [0.05, 0.1) is 0 Å². The molecule has 1 amide bonds. The Balaban J connectivity index is 2.24. The Bertz CT molecular complexity index is 613. The molecule has 0 aliphatic carbocycles. The van der Waals surface area contributed by atoms with E-state index in [1.165, 1.54) is 19.3 Å². The molecule has 0 spiro atoms. The third-order valence-electron chi connectivity index (χ3n) is 3.57. The summed E-state index contributed by atoms with van der Waals surface area (Å²) in [6, 6.07) is 2.93. The minimum absolute atomic E-state index is 0.0428. The second-order valence-corrected chi connectivity index (χ2v) is 7.03. The van der Waals surface area contributed by atoms with Crippen LogP contribution >= 0.6 is 0 Å². The average molecular weight is 312 g/mol. The number of carbonyl (C=O) groups is 1. The lowest BCUT2D eigenvalue weighted by molar-refractivity contribution is -0.129. The van der Waals surface area contributed by atoms with Crippen LogP contribution in [0.4, 0.5) is 5.82 Å². The number of hydrogen-bond donors (Lipinski definition) is 1. The molecule has 1 aliphatic rings. The van der Waals surface area contributed by atoms with Gasteiger partial charge in [-0.25, -0.2) is 18.1 Å². The Morgan fingerprint density at radius 3 is 2.67 bits per heavy atom. The van der Waals surface area contributed by atoms with E-state index in [9.17, 15) is 13.2 Å². The fourth-order valence-electron chi connectivity index (χ4n) is 2.41. The van der Waals surface area contributed by atoms with Gasteiger partial charge < -0.3 is 9.80 Å². The van der Waals surface area contributed by atoms with Crippen molar-refractivity contribution in [1.29, 1.82) is 0 Å². The number of pyridine rings is 1. The first-order valence-corrected chi connectivity index (χ1v) is 8.22. The highest BCUT2D eigenvalue weighted by atomic mass is 32.2. The summed E-state index contributed by atoms with van der Waals surface area (Å²) in [5.41, 5.74) is 0. The normalized spacial score (nSPS) is 18.8. The minimum atomic E-state index is -3.49. The Hall–Kier alpha value is -1.67. The standard InChI is InChI=1S/C13H20N4O3S/c1-14-21(19,20)10-6-7-12(15-9-10)17-8-4-5-11(17)13(18)16(2)3/h6-7,9,11,14H,4-5,8H2,1-3H3. The van der Waals surface area contributed by atoms with Crippen molar-refractivity contribution in [3.8, 4) is 0 Å². The summed E-state index contributed by atoms with van der Waals surface area (Å²) in [6.45, 7) is 0.745. The van der Waals surface area contributed by atoms with E-state index in [2.05, 4.69) is 9.71 Å². The molecule has 1 aliphatic heterocycles. The van der Waals surface area contributed by atoms with Crippen LogP contribution in [0.3, 0.4) is 0 Å². The highest BCUT2D eigenvalue weighted by Crippen LogP contribution is 2.25. The Morgan fingerprint density at radius 2 is 2.14 bits per heavy atom. The Morgan fingerprint density at radius 1 is 1.43 bits per heavy atom. The van der Waals surface area contributed by atoms with Gasteiger partial charge in [0.15, 0.2) is 0 Å². The molecule has 1 saturated heterocycles. The predicted molar refractivity (Wildman–Crippen MR) is 79.5 cm³/mol. The third-order valence-corrected chi connectivity index (χ3v) is 4.97. The monoisotopic (exact) mass is 312 g/mol. The summed E-state index contributed by atoms with van der Waals surface area (Å²) in [6.07, 6.45) is 3.02. The van der Waals surface area contributed by atoms with Gasteiger partial charge in [-0.1, -0.05) is 0 Å². The van der Waals surface area contributed by atoms with Gasteiger partial charge in [0, 0.05) is 26.8 Å². The van der Waals surface area contributed by atoms with Gasteiger partial charge in [0.2, 0.25) is 15.9 Å². The molecule has 116 valence electrons. The van der Waals surface area contributed by atoms with Gasteiger partial charge >= 0.3 is 0 Å². The molecule has 0 aromatic carbocycles. The zero-order valence-electron chi connectivity index (χ0n) is 12.4. The van der Waals surface area contributed by atoms with E-state index in [-0.39, 0.29) is 16.8 Å². The average Bonchev–Trinajstić information content (AvgIpc) is 2.95. The summed E-state index contributed by atoms with van der Waals surface area (Å²) in [5, 5.41) is 0. The highest BCUT2D eigenvalue weighted by molar-refractivity contribution is 7.89. The van der Waals surface area contributed by atoms with Gasteiger partial charge in [-0.3, -0.25) is 4.79 Å². The van der Waals surface area contributed by atoms with Crippen molar-refractivity contribution in [1.82, 2.24) is 14.6 Å². The number of nitrogens with zero attached hydrogens (tertiary/aromatic N) is 3. The lowest BCUT2D eigenvalue weighted by atomic mass is 10.2. The minimum Gasteiger partial charge on any atom is -0.347 e. The maximum atomic E-state index is 12.2. The predicted octanol–water partition coefficient (Wildman–Crippen LogP) is 0.0467. The number of anilines is 1. The molecule has 1 N–H and O–H groups in total. The maximum Gasteiger partial charge on any atom is 0.244 e. The van der Waals surface area contributed by atoms with Crippen molar-refractivity contribution in [3.63, 3.8) is 0 Å². The fourth-order valence-corrected chi connectivity index (χ4v) is 3.09. The van der Waals surface area contributed by atoms with Gasteiger partial charge in [0.25, 0.3) is 0 Å². The summed E-state index contributed by atoms with van der Waals surface area (Å²) in [7, 11) is 1.33. The first kappa shape index (κ1) is 15.7. The number of aromatic nitrogens is 1. The van der Waals surface area contributed by atoms with E-state index in [1.54, 1.807) is 25.1 Å². The molecular weight excluding hydrogens is 292 g/mol. The van der Waals surface area contributed by atoms with Crippen LogP contribution in [0.5, 0.6) is 0 Å². The van der Waals surface area contributed by atoms with Crippen LogP contribution in [0.2, 0.25) is 0 Å². The van der Waals surface area contributed by atoms with Crippen molar-refractivity contribution >= 4 is 21.7 Å². The quantitative estimate of drug-likeness (QED) is 0.849. The van der Waals surface area contributed by atoms with E-state index >= 15 is 0 Å². The number of likely N-dealkylation sites (N-methyl/N-ethyl adjacent to an activating group) is 1. The van der Waals surface area contributed by atoms with Crippen molar-refractivity contribution in [2.24, 2.45) is 0 Å². The van der Waals surface area contributed by atoms with Gasteiger partial charge in [-0.05, 0) is 32.0 Å². The highest BCUT2D eigenvalue weighted by Gasteiger charge is 2.32. The third kappa shape index (κ3) is 3.16. The number of hydrogen-bond acceptors (Lipinski definition) is 5. The van der Waals surface area contributed by atoms with Crippen LogP contribution in [0, 0.1) is 0 Å². The molecule has 1 aromatic heterocycles. The SMILES string of the molecule is CNS(=O)(=O)c1ccc(N2CCCC2C(=O)N(C)C)nc1. The van der Waals surface area contributed by atoms with Crippen LogP contribution in [0.25, 0.3) is 0 Å². The summed E-state index contributed by atoms with van der Waals surface area (Å²) in [4.78, 5) is 20.0. The molecule has 0 bridgehead atoms. The zero-order valence-corrected chi connectivity index (χ0v) is 13.2. The molecule has 1 aromatic rings. The van der Waals surface area contributed by atoms with Crippen LogP contribution in [0.15, 0.2) is 23.2 Å². The van der Waals surface area contributed by atoms with Gasteiger partial charge in [-0.15, -0.1) is 0 Å². The first-order valence-electron chi connectivity index (χ1n) is 6.74. The molecule has 2 rings (SSSR count). The van der Waals surface area contributed by atoms with E-state index in [4.69, 9.17) is 0 Å². The van der Waals surface area contributed by atoms with Crippen molar-refractivity contribution < 1.29 is 13.2 Å². The van der Waals surface area contributed by atoms with Gasteiger partial charge in [-0.2, -0.15) is 0 Å². The molecule has 7 nitrogen and oxygen atoms in total. The van der Waals surface area contributed by atoms with E-state index in [0.29, 0.717) is 5.82 Å². The molecule has 21 heavy (non-hydrogen) atoms. The fraction of sp³-hybridized carbons (Fsp3) is 0.538. The smallest absolute Gasteiger partial charge is 0.244 e. The number of amides is 1. The second kappa shape index (κ2) is 5.98. The first-order chi connectivity index (χ1) is 9.86. The second-order valence-electron chi connectivity index (χ2n) is 5.14. The molecule has 0 saturated carbocycles. The van der Waals surface area contributed by atoms with Crippen LogP contribution in [-0.4, -0.2) is 57.9 Å². The van der Waals surface area contributed by atoms with Crippen molar-refractivity contribution in [3.05, 3.63) is 18.3 Å². The molecule has 1 unspecified atom stereocenters. The van der Waals surface area contributed by atoms with E-state index in [1.807, 2.05) is 4.90 Å². The number of nitrogens with one attached hydrogen (secondary N) is 1. The topological polar surface area (TPSA) is 82.6 Å². The zero-order chi connectivity index (χ0) is 15.6. The summed E-state index contributed by atoms with van der Waals surface area (Å²) in [5.74, 6) is 0.670. The molecule has 8 heteroatoms. The van der Waals surface area contributed by atoms with Gasteiger partial charge in [0.1, 0.15) is 16.8 Å². The lowest BCUT2D eigenvalue weighted by Crippen LogP contribution is -2.43. The van der Waals surface area contributed by atoms with Crippen LogP contribution in [0.1, 0.15) is 12.8 Å². The number of rotatable bonds is 4. The molecule has 2 heterocycles. The van der Waals surface area contributed by atoms with E-state index < -0.39 is 10.0 Å². The van der Waals surface area contributed by atoms with E-state index in [0.717, 1.165) is 19.4 Å². The lowest BCUT2D eigenvalue weighted by Gasteiger charge is -2.27. The van der Waals surface area contributed by atoms with Crippen LogP contribution < -0.4 is 9.62 Å². The largest absolute Gasteiger partial charge is 0.347 e. The summed E-state index contributed by atoms with van der Waals surface area (Å²) < 4.78 is 25.6. The van der Waals surface area contributed by atoms with Crippen LogP contribution in [-0.2, 0) is 14.8 Å². The summed E-state index contributed by atoms with van der Waals surface area (Å²) >= 11 is 0.